The van der Waals surface area contributed by atoms with E-state index in [1.807, 2.05) is 13.8 Å². The molecular formula is C10H14ClNO. The maximum absolute atomic E-state index is 9.40. The highest BCUT2D eigenvalue weighted by Gasteiger charge is 2.09. The van der Waals surface area contributed by atoms with Crippen molar-refractivity contribution in [2.45, 2.75) is 19.8 Å². The van der Waals surface area contributed by atoms with Gasteiger partial charge in [-0.2, -0.15) is 0 Å². The van der Waals surface area contributed by atoms with Crippen LogP contribution in [0, 0.1) is 6.92 Å². The van der Waals surface area contributed by atoms with Gasteiger partial charge in [0.2, 0.25) is 0 Å². The number of phenols is 1. The zero-order chi connectivity index (χ0) is 10.0. The molecule has 1 unspecified atom stereocenters. The van der Waals surface area contributed by atoms with Gasteiger partial charge in [-0.05, 0) is 42.6 Å². The van der Waals surface area contributed by atoms with Crippen molar-refractivity contribution in [2.75, 3.05) is 6.54 Å². The molecule has 0 bridgehead atoms. The van der Waals surface area contributed by atoms with Gasteiger partial charge in [0.1, 0.15) is 5.75 Å². The van der Waals surface area contributed by atoms with Crippen LogP contribution in [0.3, 0.4) is 0 Å². The van der Waals surface area contributed by atoms with Gasteiger partial charge in [0.05, 0.1) is 5.02 Å². The Labute approximate surface area is 83.3 Å². The fourth-order valence-corrected chi connectivity index (χ4v) is 1.55. The minimum absolute atomic E-state index is 0.127. The van der Waals surface area contributed by atoms with Gasteiger partial charge in [-0.3, -0.25) is 0 Å². The van der Waals surface area contributed by atoms with Crippen molar-refractivity contribution >= 4 is 11.6 Å². The van der Waals surface area contributed by atoms with E-state index >= 15 is 0 Å². The van der Waals surface area contributed by atoms with Gasteiger partial charge in [-0.25, -0.2) is 0 Å². The Morgan fingerprint density at radius 2 is 2.15 bits per heavy atom. The number of halogens is 1. The first-order chi connectivity index (χ1) is 6.06. The first-order valence-electron chi connectivity index (χ1n) is 4.25. The van der Waals surface area contributed by atoms with E-state index in [4.69, 9.17) is 17.3 Å². The Morgan fingerprint density at radius 3 is 2.69 bits per heavy atom. The summed E-state index contributed by atoms with van der Waals surface area (Å²) in [5, 5.41) is 9.79. The van der Waals surface area contributed by atoms with Gasteiger partial charge < -0.3 is 10.8 Å². The molecule has 0 aromatic heterocycles. The van der Waals surface area contributed by atoms with Crippen molar-refractivity contribution in [1.29, 1.82) is 0 Å². The van der Waals surface area contributed by atoms with Crippen LogP contribution in [0.1, 0.15) is 24.0 Å². The van der Waals surface area contributed by atoms with Crippen LogP contribution in [0.4, 0.5) is 0 Å². The number of nitrogens with two attached hydrogens (primary N) is 1. The lowest BCUT2D eigenvalue weighted by Gasteiger charge is -2.13. The molecule has 13 heavy (non-hydrogen) atoms. The van der Waals surface area contributed by atoms with E-state index in [-0.39, 0.29) is 11.7 Å². The van der Waals surface area contributed by atoms with Crippen LogP contribution in [0.15, 0.2) is 12.1 Å². The third-order valence-electron chi connectivity index (χ3n) is 2.22. The molecule has 3 N–H and O–H groups in total. The number of aryl methyl sites for hydroxylation is 1. The minimum atomic E-state index is 0.127. The lowest BCUT2D eigenvalue weighted by molar-refractivity contribution is 0.474. The fraction of sp³-hybridized carbons (Fsp3) is 0.400. The molecule has 0 amide bonds. The van der Waals surface area contributed by atoms with Crippen LogP contribution in [0.5, 0.6) is 5.75 Å². The zero-order valence-corrected chi connectivity index (χ0v) is 8.60. The molecule has 2 nitrogen and oxygen atoms in total. The van der Waals surface area contributed by atoms with E-state index in [1.54, 1.807) is 12.1 Å². The van der Waals surface area contributed by atoms with Crippen molar-refractivity contribution < 1.29 is 5.11 Å². The molecule has 0 spiro atoms. The summed E-state index contributed by atoms with van der Waals surface area (Å²) in [6, 6.07) is 3.45. The van der Waals surface area contributed by atoms with Crippen LogP contribution in [0.25, 0.3) is 0 Å². The van der Waals surface area contributed by atoms with Crippen molar-refractivity contribution in [3.05, 3.63) is 28.3 Å². The van der Waals surface area contributed by atoms with E-state index in [0.29, 0.717) is 11.6 Å². The zero-order valence-electron chi connectivity index (χ0n) is 7.84. The lowest BCUT2D eigenvalue weighted by atomic mass is 9.96. The smallest absolute Gasteiger partial charge is 0.134 e. The first-order valence-corrected chi connectivity index (χ1v) is 4.63. The highest BCUT2D eigenvalue weighted by Crippen LogP contribution is 2.30. The molecule has 0 radical (unpaired) electrons. The monoisotopic (exact) mass is 199 g/mol. The molecular weight excluding hydrogens is 186 g/mol. The molecule has 0 aliphatic heterocycles. The Morgan fingerprint density at radius 1 is 1.54 bits per heavy atom. The van der Waals surface area contributed by atoms with E-state index < -0.39 is 0 Å². The molecule has 1 aromatic rings. The predicted octanol–water partition coefficient (Wildman–Crippen LogP) is 2.42. The second kappa shape index (κ2) is 3.99. The molecule has 0 fully saturated rings. The number of rotatable bonds is 2. The van der Waals surface area contributed by atoms with E-state index in [9.17, 15) is 5.11 Å². The molecule has 0 aliphatic rings. The Hall–Kier alpha value is -0.730. The van der Waals surface area contributed by atoms with Gasteiger partial charge in [-0.1, -0.05) is 18.5 Å². The Balaban J connectivity index is 3.15. The lowest BCUT2D eigenvalue weighted by Crippen LogP contribution is -2.10. The average molecular weight is 200 g/mol. The summed E-state index contributed by atoms with van der Waals surface area (Å²) in [5.41, 5.74) is 7.68. The second-order valence-corrected chi connectivity index (χ2v) is 3.70. The second-order valence-electron chi connectivity index (χ2n) is 3.30. The quantitative estimate of drug-likeness (QED) is 0.769. The van der Waals surface area contributed by atoms with Crippen molar-refractivity contribution in [1.82, 2.24) is 0 Å². The number of hydrogen-bond acceptors (Lipinski definition) is 2. The number of aromatic hydroxyl groups is 1. The molecule has 0 saturated carbocycles. The topological polar surface area (TPSA) is 46.2 Å². The van der Waals surface area contributed by atoms with E-state index in [0.717, 1.165) is 11.1 Å². The largest absolute Gasteiger partial charge is 0.506 e. The Bertz CT molecular complexity index is 312. The molecule has 0 saturated heterocycles. The maximum Gasteiger partial charge on any atom is 0.134 e. The minimum Gasteiger partial charge on any atom is -0.506 e. The van der Waals surface area contributed by atoms with E-state index in [1.165, 1.54) is 0 Å². The number of hydrogen-bond donors (Lipinski definition) is 2. The van der Waals surface area contributed by atoms with Gasteiger partial charge >= 0.3 is 0 Å². The third-order valence-corrected chi connectivity index (χ3v) is 2.52. The van der Waals surface area contributed by atoms with Crippen LogP contribution in [-0.2, 0) is 0 Å². The molecule has 1 atom stereocenters. The highest BCUT2D eigenvalue weighted by molar-refractivity contribution is 6.32. The van der Waals surface area contributed by atoms with Gasteiger partial charge in [0.15, 0.2) is 0 Å². The van der Waals surface area contributed by atoms with Gasteiger partial charge in [0.25, 0.3) is 0 Å². The maximum atomic E-state index is 9.40. The van der Waals surface area contributed by atoms with Crippen LogP contribution >= 0.6 is 11.6 Å². The van der Waals surface area contributed by atoms with Crippen LogP contribution < -0.4 is 5.73 Å². The van der Waals surface area contributed by atoms with Gasteiger partial charge in [0, 0.05) is 0 Å². The average Bonchev–Trinajstić information content (AvgIpc) is 2.10. The standard InChI is InChI=1S/C10H14ClNO/c1-6-3-9(11)10(13)4-8(6)7(2)5-12/h3-4,7,13H,5,12H2,1-2H3. The summed E-state index contributed by atoms with van der Waals surface area (Å²) in [5.74, 6) is 0.380. The Kier molecular flexibility index (Phi) is 3.17. The summed E-state index contributed by atoms with van der Waals surface area (Å²) in [7, 11) is 0. The molecule has 1 aromatic carbocycles. The summed E-state index contributed by atoms with van der Waals surface area (Å²) >= 11 is 5.75. The first kappa shape index (κ1) is 10.4. The highest BCUT2D eigenvalue weighted by atomic mass is 35.5. The SMILES string of the molecule is Cc1cc(Cl)c(O)cc1C(C)CN. The predicted molar refractivity (Wildman–Crippen MR) is 55.3 cm³/mol. The summed E-state index contributed by atoms with van der Waals surface area (Å²) in [4.78, 5) is 0. The summed E-state index contributed by atoms with van der Waals surface area (Å²) < 4.78 is 0. The van der Waals surface area contributed by atoms with Crippen LogP contribution in [0.2, 0.25) is 5.02 Å². The van der Waals surface area contributed by atoms with E-state index in [2.05, 4.69) is 0 Å². The fourth-order valence-electron chi connectivity index (χ4n) is 1.34. The van der Waals surface area contributed by atoms with Crippen molar-refractivity contribution in [3.63, 3.8) is 0 Å². The molecule has 0 heterocycles. The molecule has 3 heteroatoms. The molecule has 72 valence electrons. The number of phenolic OH excluding ortho intramolecular Hbond substituents is 1. The third kappa shape index (κ3) is 2.14. The van der Waals surface area contributed by atoms with Crippen molar-refractivity contribution in [3.8, 4) is 5.75 Å². The van der Waals surface area contributed by atoms with Gasteiger partial charge in [-0.15, -0.1) is 0 Å². The summed E-state index contributed by atoms with van der Waals surface area (Å²) in [6.45, 7) is 4.56. The van der Waals surface area contributed by atoms with Crippen molar-refractivity contribution in [2.24, 2.45) is 5.73 Å². The molecule has 0 aliphatic carbocycles. The number of benzene rings is 1. The summed E-state index contributed by atoms with van der Waals surface area (Å²) in [6.07, 6.45) is 0. The normalized spacial score (nSPS) is 12.9. The molecule has 1 rings (SSSR count). The van der Waals surface area contributed by atoms with Crippen LogP contribution in [-0.4, -0.2) is 11.7 Å².